The van der Waals surface area contributed by atoms with Crippen molar-refractivity contribution in [3.05, 3.63) is 39.8 Å². The second kappa shape index (κ2) is 7.28. The number of hydrogen-bond acceptors (Lipinski definition) is 7. The van der Waals surface area contributed by atoms with Gasteiger partial charge in [-0.2, -0.15) is 0 Å². The summed E-state index contributed by atoms with van der Waals surface area (Å²) < 4.78 is 12.4. The van der Waals surface area contributed by atoms with Gasteiger partial charge in [-0.1, -0.05) is 5.16 Å². The quantitative estimate of drug-likeness (QED) is 0.776. The number of amides is 1. The van der Waals surface area contributed by atoms with Crippen molar-refractivity contribution in [2.24, 2.45) is 7.05 Å². The highest BCUT2D eigenvalue weighted by molar-refractivity contribution is 5.96. The number of carbonyl (C=O) groups excluding carboxylic acids is 1. The third-order valence-corrected chi connectivity index (χ3v) is 4.51. The normalized spacial score (nSPS) is 17.4. The summed E-state index contributed by atoms with van der Waals surface area (Å²) >= 11 is 0. The van der Waals surface area contributed by atoms with Crippen molar-refractivity contribution in [2.75, 3.05) is 38.2 Å². The molecule has 2 aromatic heterocycles. The van der Waals surface area contributed by atoms with Crippen molar-refractivity contribution in [1.82, 2.24) is 19.6 Å². The molecule has 2 aromatic rings. The molecule has 140 valence electrons. The Morgan fingerprint density at radius 3 is 2.88 bits per heavy atom. The van der Waals surface area contributed by atoms with Gasteiger partial charge in [-0.25, -0.2) is 4.98 Å². The molecule has 9 nitrogen and oxygen atoms in total. The van der Waals surface area contributed by atoms with Crippen molar-refractivity contribution < 1.29 is 14.1 Å². The minimum absolute atomic E-state index is 0.106. The lowest BCUT2D eigenvalue weighted by Crippen LogP contribution is -2.50. The van der Waals surface area contributed by atoms with E-state index in [0.717, 1.165) is 0 Å². The lowest BCUT2D eigenvalue weighted by molar-refractivity contribution is -0.0173. The van der Waals surface area contributed by atoms with Gasteiger partial charge in [0.15, 0.2) is 5.82 Å². The van der Waals surface area contributed by atoms with E-state index >= 15 is 0 Å². The van der Waals surface area contributed by atoms with E-state index in [1.165, 1.54) is 4.57 Å². The fraction of sp³-hybridized carbons (Fsp3) is 0.529. The molecule has 0 radical (unpaired) electrons. The lowest BCUT2D eigenvalue weighted by Gasteiger charge is -2.35. The molecule has 1 amide bonds. The van der Waals surface area contributed by atoms with Gasteiger partial charge in [0.2, 0.25) is 0 Å². The summed E-state index contributed by atoms with van der Waals surface area (Å²) in [4.78, 5) is 32.6. The lowest BCUT2D eigenvalue weighted by atomic mass is 10.1. The number of likely N-dealkylation sites (N-methyl/N-ethyl adjacent to an activating group) is 1. The molecule has 1 aliphatic heterocycles. The molecular weight excluding hydrogens is 338 g/mol. The molecule has 3 heterocycles. The fourth-order valence-electron chi connectivity index (χ4n) is 3.10. The molecule has 0 bridgehead atoms. The predicted octanol–water partition coefficient (Wildman–Crippen LogP) is 0.363. The Morgan fingerprint density at radius 1 is 1.42 bits per heavy atom. The average molecular weight is 361 g/mol. The van der Waals surface area contributed by atoms with Crippen molar-refractivity contribution in [3.8, 4) is 0 Å². The van der Waals surface area contributed by atoms with E-state index in [1.807, 2.05) is 0 Å². The van der Waals surface area contributed by atoms with Crippen molar-refractivity contribution in [3.63, 3.8) is 0 Å². The first-order chi connectivity index (χ1) is 12.4. The summed E-state index contributed by atoms with van der Waals surface area (Å²) in [5.74, 6) is 0.767. The molecule has 0 aliphatic carbocycles. The summed E-state index contributed by atoms with van der Waals surface area (Å²) in [6, 6.07) is 0. The Hall–Kier alpha value is -2.68. The van der Waals surface area contributed by atoms with Crippen LogP contribution in [0.1, 0.15) is 21.8 Å². The Morgan fingerprint density at radius 2 is 2.19 bits per heavy atom. The number of hydrogen-bond donors (Lipinski definition) is 0. The number of morpholine rings is 1. The summed E-state index contributed by atoms with van der Waals surface area (Å²) in [6.07, 6.45) is 2.98. The van der Waals surface area contributed by atoms with E-state index in [2.05, 4.69) is 10.1 Å². The Balaban J connectivity index is 1.70. The molecule has 3 rings (SSSR count). The average Bonchev–Trinajstić information content (AvgIpc) is 2.95. The van der Waals surface area contributed by atoms with Gasteiger partial charge in [-0.05, 0) is 13.8 Å². The SMILES string of the molecule is Cc1noc(C)c1C(=O)N1CCO[C@@H](CN(C)c2nccn(C)c2=O)C1. The summed E-state index contributed by atoms with van der Waals surface area (Å²) in [7, 11) is 3.48. The van der Waals surface area contributed by atoms with Crippen LogP contribution in [0.4, 0.5) is 5.82 Å². The van der Waals surface area contributed by atoms with Gasteiger partial charge in [-0.3, -0.25) is 9.59 Å². The molecule has 1 aliphatic rings. The molecule has 1 fully saturated rings. The Labute approximate surface area is 151 Å². The Kier molecular flexibility index (Phi) is 5.08. The standard InChI is InChI=1S/C17H23N5O4/c1-11-14(12(2)26-19-11)16(23)22-7-8-25-13(10-22)9-21(4)15-17(24)20(3)6-5-18-15/h5-6,13H,7-10H2,1-4H3/t13-/m0/s1. The van der Waals surface area contributed by atoms with E-state index in [9.17, 15) is 9.59 Å². The highest BCUT2D eigenvalue weighted by Gasteiger charge is 2.29. The predicted molar refractivity (Wildman–Crippen MR) is 94.4 cm³/mol. The van der Waals surface area contributed by atoms with Gasteiger partial charge in [0.1, 0.15) is 11.3 Å². The van der Waals surface area contributed by atoms with Crippen molar-refractivity contribution in [2.45, 2.75) is 20.0 Å². The number of carbonyl (C=O) groups is 1. The van der Waals surface area contributed by atoms with E-state index in [1.54, 1.807) is 50.1 Å². The largest absolute Gasteiger partial charge is 0.373 e. The van der Waals surface area contributed by atoms with Crippen LogP contribution in [0.2, 0.25) is 0 Å². The number of nitrogens with zero attached hydrogens (tertiary/aromatic N) is 5. The molecule has 26 heavy (non-hydrogen) atoms. The highest BCUT2D eigenvalue weighted by Crippen LogP contribution is 2.18. The monoisotopic (exact) mass is 361 g/mol. The maximum absolute atomic E-state index is 12.8. The van der Waals surface area contributed by atoms with Crippen LogP contribution in [-0.2, 0) is 11.8 Å². The zero-order valence-corrected chi connectivity index (χ0v) is 15.4. The third-order valence-electron chi connectivity index (χ3n) is 4.51. The third kappa shape index (κ3) is 3.48. The number of anilines is 1. The number of rotatable bonds is 4. The van der Waals surface area contributed by atoms with E-state index in [-0.39, 0.29) is 17.6 Å². The van der Waals surface area contributed by atoms with E-state index in [0.29, 0.717) is 49.1 Å². The number of ether oxygens (including phenoxy) is 1. The molecule has 9 heteroatoms. The molecule has 0 saturated carbocycles. The van der Waals surface area contributed by atoms with Crippen LogP contribution >= 0.6 is 0 Å². The van der Waals surface area contributed by atoms with Gasteiger partial charge in [0.05, 0.1) is 18.4 Å². The molecule has 1 atom stereocenters. The second-order valence-corrected chi connectivity index (χ2v) is 6.49. The first kappa shape index (κ1) is 18.1. The molecule has 0 N–H and O–H groups in total. The van der Waals surface area contributed by atoms with Crippen LogP contribution < -0.4 is 10.5 Å². The van der Waals surface area contributed by atoms with E-state index in [4.69, 9.17) is 9.26 Å². The van der Waals surface area contributed by atoms with Crippen LogP contribution in [-0.4, -0.2) is 64.9 Å². The molecule has 0 aromatic carbocycles. The number of aromatic nitrogens is 3. The molecule has 0 unspecified atom stereocenters. The van der Waals surface area contributed by atoms with Crippen LogP contribution in [0.15, 0.2) is 21.7 Å². The van der Waals surface area contributed by atoms with Crippen LogP contribution in [0.3, 0.4) is 0 Å². The summed E-state index contributed by atoms with van der Waals surface area (Å²) in [5.41, 5.74) is 0.928. The summed E-state index contributed by atoms with van der Waals surface area (Å²) in [5, 5.41) is 3.85. The first-order valence-electron chi connectivity index (χ1n) is 8.45. The minimum Gasteiger partial charge on any atom is -0.373 e. The Bertz CT molecular complexity index is 840. The molecule has 1 saturated heterocycles. The van der Waals surface area contributed by atoms with Crippen molar-refractivity contribution in [1.29, 1.82) is 0 Å². The topological polar surface area (TPSA) is 93.7 Å². The molecular formula is C17H23N5O4. The maximum atomic E-state index is 12.8. The van der Waals surface area contributed by atoms with Crippen LogP contribution in [0.25, 0.3) is 0 Å². The first-order valence-corrected chi connectivity index (χ1v) is 8.45. The van der Waals surface area contributed by atoms with Crippen molar-refractivity contribution >= 4 is 11.7 Å². The summed E-state index contributed by atoms with van der Waals surface area (Å²) in [6.45, 7) is 5.32. The smallest absolute Gasteiger partial charge is 0.293 e. The van der Waals surface area contributed by atoms with Gasteiger partial charge in [0.25, 0.3) is 11.5 Å². The van der Waals surface area contributed by atoms with Crippen LogP contribution in [0, 0.1) is 13.8 Å². The van der Waals surface area contributed by atoms with Gasteiger partial charge in [-0.15, -0.1) is 0 Å². The second-order valence-electron chi connectivity index (χ2n) is 6.49. The number of aryl methyl sites for hydroxylation is 3. The maximum Gasteiger partial charge on any atom is 0.293 e. The van der Waals surface area contributed by atoms with Gasteiger partial charge < -0.3 is 23.6 Å². The molecule has 0 spiro atoms. The van der Waals surface area contributed by atoms with Gasteiger partial charge in [0, 0.05) is 46.1 Å². The zero-order valence-electron chi connectivity index (χ0n) is 15.4. The van der Waals surface area contributed by atoms with E-state index < -0.39 is 0 Å². The highest BCUT2D eigenvalue weighted by atomic mass is 16.5. The zero-order chi connectivity index (χ0) is 18.8. The minimum atomic E-state index is -0.218. The van der Waals surface area contributed by atoms with Crippen LogP contribution in [0.5, 0.6) is 0 Å². The fourth-order valence-corrected chi connectivity index (χ4v) is 3.10. The van der Waals surface area contributed by atoms with Gasteiger partial charge >= 0.3 is 0 Å².